The maximum Gasteiger partial charge on any atom is 0.226 e. The van der Waals surface area contributed by atoms with Crippen molar-refractivity contribution in [2.45, 2.75) is 57.1 Å². The third-order valence-electron chi connectivity index (χ3n) is 5.04. The number of thiophene rings is 1. The standard InChI is InChI=1S/C18H23N3O3S/c22-17(21-10-11-23-14-6-2-1-5-13(14)21)9-3-8-16-19-18(20-24-16)15-7-4-12-25-15/h4,7,12-14H,1-3,5-6,8-11H2/t13-,14-/m1/s1. The van der Waals surface area contributed by atoms with Crippen molar-refractivity contribution in [2.75, 3.05) is 13.2 Å². The molecule has 1 saturated heterocycles. The van der Waals surface area contributed by atoms with E-state index in [0.29, 0.717) is 31.2 Å². The Labute approximate surface area is 151 Å². The van der Waals surface area contributed by atoms with Gasteiger partial charge in [-0.2, -0.15) is 4.98 Å². The normalized spacial score (nSPS) is 23.4. The molecule has 25 heavy (non-hydrogen) atoms. The van der Waals surface area contributed by atoms with E-state index in [1.807, 2.05) is 17.5 Å². The quantitative estimate of drug-likeness (QED) is 0.817. The van der Waals surface area contributed by atoms with E-state index in [4.69, 9.17) is 9.26 Å². The summed E-state index contributed by atoms with van der Waals surface area (Å²) in [5, 5.41) is 6.00. The Morgan fingerprint density at radius 3 is 3.16 bits per heavy atom. The predicted molar refractivity (Wildman–Crippen MR) is 94.3 cm³/mol. The summed E-state index contributed by atoms with van der Waals surface area (Å²) in [5.74, 6) is 1.47. The number of hydrogen-bond donors (Lipinski definition) is 0. The maximum atomic E-state index is 12.6. The average molecular weight is 361 g/mol. The number of carbonyl (C=O) groups is 1. The summed E-state index contributed by atoms with van der Waals surface area (Å²) in [6.07, 6.45) is 6.72. The van der Waals surface area contributed by atoms with Gasteiger partial charge in [-0.1, -0.05) is 24.1 Å². The Balaban J connectivity index is 1.29. The Kier molecular flexibility index (Phi) is 5.12. The summed E-state index contributed by atoms with van der Waals surface area (Å²) in [5.41, 5.74) is 0. The second-order valence-electron chi connectivity index (χ2n) is 6.69. The largest absolute Gasteiger partial charge is 0.374 e. The minimum atomic E-state index is 0.234. The number of amides is 1. The molecule has 0 aromatic carbocycles. The highest BCUT2D eigenvalue weighted by molar-refractivity contribution is 7.13. The molecule has 3 heterocycles. The van der Waals surface area contributed by atoms with Gasteiger partial charge in [0.05, 0.1) is 23.6 Å². The topological polar surface area (TPSA) is 68.5 Å². The van der Waals surface area contributed by atoms with Gasteiger partial charge in [-0.3, -0.25) is 4.79 Å². The summed E-state index contributed by atoms with van der Waals surface area (Å²) in [4.78, 5) is 20.1. The summed E-state index contributed by atoms with van der Waals surface area (Å²) < 4.78 is 11.2. The Hall–Kier alpha value is -1.73. The number of fused-ring (bicyclic) bond motifs is 1. The molecule has 7 heteroatoms. The first kappa shape index (κ1) is 16.7. The maximum absolute atomic E-state index is 12.6. The monoisotopic (exact) mass is 361 g/mol. The SMILES string of the molecule is O=C(CCCc1nc(-c2cccs2)no1)N1CCO[C@@H]2CCCC[C@H]21. The third kappa shape index (κ3) is 3.77. The van der Waals surface area contributed by atoms with Crippen molar-refractivity contribution in [3.8, 4) is 10.7 Å². The molecule has 4 rings (SSSR count). The lowest BCUT2D eigenvalue weighted by atomic mass is 9.90. The van der Waals surface area contributed by atoms with Crippen LogP contribution in [0.2, 0.25) is 0 Å². The zero-order valence-corrected chi connectivity index (χ0v) is 15.0. The number of aryl methyl sites for hydroxylation is 1. The third-order valence-corrected chi connectivity index (χ3v) is 5.91. The summed E-state index contributed by atoms with van der Waals surface area (Å²) in [6.45, 7) is 1.39. The number of aromatic nitrogens is 2. The van der Waals surface area contributed by atoms with E-state index in [2.05, 4.69) is 15.0 Å². The Bertz CT molecular complexity index is 698. The molecule has 1 aliphatic heterocycles. The molecule has 134 valence electrons. The van der Waals surface area contributed by atoms with Crippen molar-refractivity contribution in [3.05, 3.63) is 23.4 Å². The van der Waals surface area contributed by atoms with Crippen LogP contribution in [0, 0.1) is 0 Å². The van der Waals surface area contributed by atoms with E-state index < -0.39 is 0 Å². The Morgan fingerprint density at radius 1 is 1.36 bits per heavy atom. The summed E-state index contributed by atoms with van der Waals surface area (Å²) in [6, 6.07) is 4.22. The lowest BCUT2D eigenvalue weighted by Crippen LogP contribution is -2.54. The highest BCUT2D eigenvalue weighted by Gasteiger charge is 2.36. The van der Waals surface area contributed by atoms with Crippen molar-refractivity contribution >= 4 is 17.2 Å². The van der Waals surface area contributed by atoms with E-state index in [-0.39, 0.29) is 18.1 Å². The van der Waals surface area contributed by atoms with E-state index >= 15 is 0 Å². The van der Waals surface area contributed by atoms with Crippen LogP contribution in [-0.2, 0) is 16.0 Å². The fraction of sp³-hybridized carbons (Fsp3) is 0.611. The molecular weight excluding hydrogens is 338 g/mol. The van der Waals surface area contributed by atoms with Gasteiger partial charge in [-0.15, -0.1) is 11.3 Å². The number of carbonyl (C=O) groups excluding carboxylic acids is 1. The molecule has 2 aromatic rings. The molecule has 2 aliphatic rings. The molecular formula is C18H23N3O3S. The van der Waals surface area contributed by atoms with Crippen LogP contribution in [-0.4, -0.2) is 46.2 Å². The minimum Gasteiger partial charge on any atom is -0.374 e. The molecule has 0 N–H and O–H groups in total. The second-order valence-corrected chi connectivity index (χ2v) is 7.64. The van der Waals surface area contributed by atoms with Gasteiger partial charge in [0.2, 0.25) is 17.6 Å². The van der Waals surface area contributed by atoms with Gasteiger partial charge in [-0.25, -0.2) is 0 Å². The van der Waals surface area contributed by atoms with E-state index in [9.17, 15) is 4.79 Å². The molecule has 1 aliphatic carbocycles. The number of ether oxygens (including phenoxy) is 1. The first-order chi connectivity index (χ1) is 12.3. The van der Waals surface area contributed by atoms with Crippen molar-refractivity contribution in [3.63, 3.8) is 0 Å². The summed E-state index contributed by atoms with van der Waals surface area (Å²) >= 11 is 1.59. The first-order valence-electron chi connectivity index (χ1n) is 9.09. The lowest BCUT2D eigenvalue weighted by Gasteiger charge is -2.43. The van der Waals surface area contributed by atoms with Crippen LogP contribution in [0.5, 0.6) is 0 Å². The van der Waals surface area contributed by atoms with Gasteiger partial charge in [-0.05, 0) is 30.7 Å². The molecule has 0 unspecified atom stereocenters. The number of morpholine rings is 1. The number of hydrogen-bond acceptors (Lipinski definition) is 6. The number of nitrogens with zero attached hydrogens (tertiary/aromatic N) is 3. The summed E-state index contributed by atoms with van der Waals surface area (Å²) in [7, 11) is 0. The minimum absolute atomic E-state index is 0.234. The van der Waals surface area contributed by atoms with Gasteiger partial charge in [0.25, 0.3) is 0 Å². The van der Waals surface area contributed by atoms with Crippen LogP contribution in [0.4, 0.5) is 0 Å². The van der Waals surface area contributed by atoms with Gasteiger partial charge in [0.1, 0.15) is 0 Å². The molecule has 0 bridgehead atoms. The van der Waals surface area contributed by atoms with Gasteiger partial charge in [0, 0.05) is 19.4 Å². The smallest absolute Gasteiger partial charge is 0.226 e. The molecule has 1 saturated carbocycles. The lowest BCUT2D eigenvalue weighted by molar-refractivity contribution is -0.149. The van der Waals surface area contributed by atoms with Crippen LogP contribution < -0.4 is 0 Å². The van der Waals surface area contributed by atoms with Crippen molar-refractivity contribution < 1.29 is 14.1 Å². The van der Waals surface area contributed by atoms with Gasteiger partial charge in [0.15, 0.2) is 0 Å². The zero-order chi connectivity index (χ0) is 17.1. The predicted octanol–water partition coefficient (Wildman–Crippen LogP) is 3.29. The van der Waals surface area contributed by atoms with E-state index in [1.165, 1.54) is 12.8 Å². The average Bonchev–Trinajstić information content (AvgIpc) is 3.32. The van der Waals surface area contributed by atoms with Crippen molar-refractivity contribution in [1.82, 2.24) is 15.0 Å². The van der Waals surface area contributed by atoms with Crippen LogP contribution >= 0.6 is 11.3 Å². The molecule has 0 spiro atoms. The Morgan fingerprint density at radius 2 is 2.28 bits per heavy atom. The van der Waals surface area contributed by atoms with Crippen LogP contribution in [0.15, 0.2) is 22.0 Å². The molecule has 1 amide bonds. The highest BCUT2D eigenvalue weighted by Crippen LogP contribution is 2.29. The molecule has 2 aromatic heterocycles. The second kappa shape index (κ2) is 7.66. The fourth-order valence-electron chi connectivity index (χ4n) is 3.80. The van der Waals surface area contributed by atoms with Crippen molar-refractivity contribution in [2.24, 2.45) is 0 Å². The number of rotatable bonds is 5. The van der Waals surface area contributed by atoms with E-state index in [1.54, 1.807) is 11.3 Å². The highest BCUT2D eigenvalue weighted by atomic mass is 32.1. The van der Waals surface area contributed by atoms with Gasteiger partial charge < -0.3 is 14.2 Å². The zero-order valence-electron chi connectivity index (χ0n) is 14.2. The molecule has 0 radical (unpaired) electrons. The van der Waals surface area contributed by atoms with E-state index in [0.717, 1.165) is 30.7 Å². The molecule has 6 nitrogen and oxygen atoms in total. The fourth-order valence-corrected chi connectivity index (χ4v) is 4.45. The van der Waals surface area contributed by atoms with Gasteiger partial charge >= 0.3 is 0 Å². The molecule has 2 fully saturated rings. The van der Waals surface area contributed by atoms with Crippen LogP contribution in [0.25, 0.3) is 10.7 Å². The first-order valence-corrected chi connectivity index (χ1v) is 9.97. The molecule has 2 atom stereocenters. The van der Waals surface area contributed by atoms with Crippen LogP contribution in [0.3, 0.4) is 0 Å². The van der Waals surface area contributed by atoms with Crippen LogP contribution in [0.1, 0.15) is 44.4 Å². The van der Waals surface area contributed by atoms with Crippen molar-refractivity contribution in [1.29, 1.82) is 0 Å².